The lowest BCUT2D eigenvalue weighted by Gasteiger charge is -2.19. The second-order valence-electron chi connectivity index (χ2n) is 4.34. The van der Waals surface area contributed by atoms with Crippen LogP contribution in [-0.2, 0) is 0 Å². The van der Waals surface area contributed by atoms with E-state index in [2.05, 4.69) is 17.1 Å². The zero-order chi connectivity index (χ0) is 10.9. The smallest absolute Gasteiger partial charge is 0.168 e. The molecule has 1 N–H and O–H groups in total. The first-order valence-corrected chi connectivity index (χ1v) is 6.78. The van der Waals surface area contributed by atoms with Crippen molar-refractivity contribution in [1.29, 1.82) is 0 Å². The van der Waals surface area contributed by atoms with Crippen LogP contribution in [0.1, 0.15) is 51.9 Å². The molecule has 0 unspecified atom stereocenters. The molecule has 1 saturated heterocycles. The summed E-state index contributed by atoms with van der Waals surface area (Å²) in [4.78, 5) is 2.29. The molecule has 0 amide bonds. The van der Waals surface area contributed by atoms with Gasteiger partial charge in [0.15, 0.2) is 5.11 Å². The maximum atomic E-state index is 5.33. The summed E-state index contributed by atoms with van der Waals surface area (Å²) in [5.41, 5.74) is 0. The highest BCUT2D eigenvalue weighted by Crippen LogP contribution is 2.07. The monoisotopic (exact) mass is 228 g/mol. The van der Waals surface area contributed by atoms with Crippen molar-refractivity contribution in [3.05, 3.63) is 0 Å². The molecule has 0 atom stereocenters. The van der Waals surface area contributed by atoms with Gasteiger partial charge in [0.1, 0.15) is 0 Å². The van der Waals surface area contributed by atoms with E-state index >= 15 is 0 Å². The van der Waals surface area contributed by atoms with Gasteiger partial charge in [-0.1, -0.05) is 32.6 Å². The minimum atomic E-state index is 0.975. The Kier molecular flexibility index (Phi) is 6.73. The van der Waals surface area contributed by atoms with Crippen molar-refractivity contribution in [3.63, 3.8) is 0 Å². The third-order valence-electron chi connectivity index (χ3n) is 2.95. The molecule has 0 aromatic carbocycles. The first kappa shape index (κ1) is 12.8. The second-order valence-corrected chi connectivity index (χ2v) is 4.73. The van der Waals surface area contributed by atoms with Crippen LogP contribution >= 0.6 is 12.2 Å². The summed E-state index contributed by atoms with van der Waals surface area (Å²) in [5.74, 6) is 0. The molecule has 0 saturated carbocycles. The van der Waals surface area contributed by atoms with Gasteiger partial charge in [-0.2, -0.15) is 0 Å². The molecular formula is C12H24N2S. The van der Waals surface area contributed by atoms with Crippen LogP contribution in [0.5, 0.6) is 0 Å². The van der Waals surface area contributed by atoms with Gasteiger partial charge in [0.05, 0.1) is 0 Å². The summed E-state index contributed by atoms with van der Waals surface area (Å²) in [6.45, 7) is 5.61. The van der Waals surface area contributed by atoms with Gasteiger partial charge >= 0.3 is 0 Å². The molecule has 0 radical (unpaired) electrons. The van der Waals surface area contributed by atoms with E-state index in [0.29, 0.717) is 0 Å². The van der Waals surface area contributed by atoms with E-state index in [1.807, 2.05) is 0 Å². The van der Waals surface area contributed by atoms with Crippen molar-refractivity contribution in [2.75, 3.05) is 19.6 Å². The molecule has 1 aliphatic heterocycles. The van der Waals surface area contributed by atoms with Gasteiger partial charge in [-0.25, -0.2) is 0 Å². The molecule has 1 aliphatic rings. The minimum Gasteiger partial charge on any atom is -0.363 e. The predicted octanol–water partition coefficient (Wildman–Crippen LogP) is 2.93. The van der Waals surface area contributed by atoms with Crippen LogP contribution in [0.2, 0.25) is 0 Å². The molecule has 15 heavy (non-hydrogen) atoms. The van der Waals surface area contributed by atoms with Crippen molar-refractivity contribution >= 4 is 17.3 Å². The zero-order valence-electron chi connectivity index (χ0n) is 9.93. The lowest BCUT2D eigenvalue weighted by atomic mass is 10.1. The molecular weight excluding hydrogens is 204 g/mol. The molecule has 1 heterocycles. The molecule has 0 aromatic rings. The highest BCUT2D eigenvalue weighted by molar-refractivity contribution is 7.80. The highest BCUT2D eigenvalue weighted by atomic mass is 32.1. The van der Waals surface area contributed by atoms with Crippen LogP contribution in [0.3, 0.4) is 0 Å². The fraction of sp³-hybridized carbons (Fsp3) is 0.917. The van der Waals surface area contributed by atoms with Crippen molar-refractivity contribution in [1.82, 2.24) is 10.2 Å². The van der Waals surface area contributed by atoms with E-state index in [4.69, 9.17) is 12.2 Å². The van der Waals surface area contributed by atoms with E-state index in [0.717, 1.165) is 24.7 Å². The Labute approximate surface area is 99.4 Å². The number of nitrogens with one attached hydrogen (secondary N) is 1. The van der Waals surface area contributed by atoms with Gasteiger partial charge in [0.25, 0.3) is 0 Å². The lowest BCUT2D eigenvalue weighted by Crippen LogP contribution is -2.38. The van der Waals surface area contributed by atoms with Crippen LogP contribution in [-0.4, -0.2) is 29.6 Å². The third-order valence-corrected chi connectivity index (χ3v) is 3.35. The number of likely N-dealkylation sites (tertiary alicyclic amines) is 1. The summed E-state index contributed by atoms with van der Waals surface area (Å²) in [6, 6.07) is 0. The summed E-state index contributed by atoms with van der Waals surface area (Å²) < 4.78 is 0. The number of nitrogens with zero attached hydrogens (tertiary/aromatic N) is 1. The minimum absolute atomic E-state index is 0.975. The Balaban J connectivity index is 1.92. The molecule has 1 fully saturated rings. The molecule has 2 nitrogen and oxygen atoms in total. The molecule has 0 aliphatic carbocycles. The summed E-state index contributed by atoms with van der Waals surface area (Å²) in [6.07, 6.45) is 9.26. The molecule has 0 aromatic heterocycles. The first-order chi connectivity index (χ1) is 7.34. The SMILES string of the molecule is CCCCCCCNC(=S)N1CCCC1. The van der Waals surface area contributed by atoms with Gasteiger partial charge < -0.3 is 10.2 Å². The molecule has 0 bridgehead atoms. The van der Waals surface area contributed by atoms with E-state index in [1.54, 1.807) is 0 Å². The van der Waals surface area contributed by atoms with E-state index in [1.165, 1.54) is 44.9 Å². The largest absolute Gasteiger partial charge is 0.363 e. The van der Waals surface area contributed by atoms with E-state index in [9.17, 15) is 0 Å². The van der Waals surface area contributed by atoms with Gasteiger partial charge in [-0.05, 0) is 31.5 Å². The topological polar surface area (TPSA) is 15.3 Å². The number of thiocarbonyl (C=S) groups is 1. The fourth-order valence-corrected chi connectivity index (χ4v) is 2.24. The van der Waals surface area contributed by atoms with Crippen molar-refractivity contribution in [3.8, 4) is 0 Å². The van der Waals surface area contributed by atoms with Crippen LogP contribution in [0.25, 0.3) is 0 Å². The zero-order valence-corrected chi connectivity index (χ0v) is 10.7. The van der Waals surface area contributed by atoms with Gasteiger partial charge in [-0.15, -0.1) is 0 Å². The Hall–Kier alpha value is -0.310. The average Bonchev–Trinajstić information content (AvgIpc) is 2.76. The number of hydrogen-bond acceptors (Lipinski definition) is 1. The molecule has 3 heteroatoms. The standard InChI is InChI=1S/C12H24N2S/c1-2-3-4-5-6-9-13-12(15)14-10-7-8-11-14/h2-11H2,1H3,(H,13,15). The summed E-state index contributed by atoms with van der Waals surface area (Å²) in [5, 5.41) is 4.33. The van der Waals surface area contributed by atoms with Gasteiger partial charge in [0, 0.05) is 19.6 Å². The van der Waals surface area contributed by atoms with Gasteiger partial charge in [0.2, 0.25) is 0 Å². The Morgan fingerprint density at radius 2 is 1.80 bits per heavy atom. The van der Waals surface area contributed by atoms with E-state index in [-0.39, 0.29) is 0 Å². The first-order valence-electron chi connectivity index (χ1n) is 6.37. The normalized spacial score (nSPS) is 15.7. The van der Waals surface area contributed by atoms with Crippen LogP contribution in [0, 0.1) is 0 Å². The average molecular weight is 228 g/mol. The van der Waals surface area contributed by atoms with Crippen LogP contribution in [0.15, 0.2) is 0 Å². The number of hydrogen-bond donors (Lipinski definition) is 1. The van der Waals surface area contributed by atoms with E-state index < -0.39 is 0 Å². The maximum Gasteiger partial charge on any atom is 0.168 e. The highest BCUT2D eigenvalue weighted by Gasteiger charge is 2.13. The van der Waals surface area contributed by atoms with Gasteiger partial charge in [-0.3, -0.25) is 0 Å². The Bertz CT molecular complexity index is 176. The molecule has 88 valence electrons. The fourth-order valence-electron chi connectivity index (χ4n) is 1.96. The predicted molar refractivity (Wildman–Crippen MR) is 70.2 cm³/mol. The van der Waals surface area contributed by atoms with Crippen molar-refractivity contribution < 1.29 is 0 Å². The maximum absolute atomic E-state index is 5.33. The Morgan fingerprint density at radius 1 is 1.13 bits per heavy atom. The third kappa shape index (κ3) is 5.36. The number of unbranched alkanes of at least 4 members (excludes halogenated alkanes) is 4. The lowest BCUT2D eigenvalue weighted by molar-refractivity contribution is 0.502. The number of rotatable bonds is 6. The van der Waals surface area contributed by atoms with Crippen LogP contribution < -0.4 is 5.32 Å². The van der Waals surface area contributed by atoms with Crippen molar-refractivity contribution in [2.45, 2.75) is 51.9 Å². The second kappa shape index (κ2) is 7.91. The summed E-state index contributed by atoms with van der Waals surface area (Å²) in [7, 11) is 0. The van der Waals surface area contributed by atoms with Crippen LogP contribution in [0.4, 0.5) is 0 Å². The quantitative estimate of drug-likeness (QED) is 0.556. The molecule has 1 rings (SSSR count). The summed E-state index contributed by atoms with van der Waals surface area (Å²) >= 11 is 5.33. The molecule has 0 spiro atoms. The van der Waals surface area contributed by atoms with Crippen molar-refractivity contribution in [2.24, 2.45) is 0 Å². The Morgan fingerprint density at radius 3 is 2.47 bits per heavy atom.